The molecular weight excluding hydrogens is 366 g/mol. The van der Waals surface area contributed by atoms with E-state index in [0.29, 0.717) is 11.5 Å². The summed E-state index contributed by atoms with van der Waals surface area (Å²) in [7, 11) is 0. The van der Waals surface area contributed by atoms with Gasteiger partial charge in [0.25, 0.3) is 0 Å². The quantitative estimate of drug-likeness (QED) is 0.460. The summed E-state index contributed by atoms with van der Waals surface area (Å²) in [6.45, 7) is 2.25. The van der Waals surface area contributed by atoms with Crippen LogP contribution in [0.5, 0.6) is 0 Å². The number of nitrogens with zero attached hydrogens (tertiary/aromatic N) is 2. The highest BCUT2D eigenvalue weighted by atomic mass is 19.1. The normalized spacial score (nSPS) is 19.3. The summed E-state index contributed by atoms with van der Waals surface area (Å²) in [6, 6.07) is 10.1. The molecule has 0 amide bonds. The molecule has 1 aromatic heterocycles. The zero-order valence-electron chi connectivity index (χ0n) is 16.7. The largest absolute Gasteiger partial charge is 0.244 e. The van der Waals surface area contributed by atoms with Crippen molar-refractivity contribution in [2.24, 2.45) is 5.92 Å². The highest BCUT2D eigenvalue weighted by molar-refractivity contribution is 5.83. The van der Waals surface area contributed by atoms with E-state index >= 15 is 0 Å². The molecule has 1 aliphatic carbocycles. The minimum absolute atomic E-state index is 0.409. The topological polar surface area (TPSA) is 25.8 Å². The zero-order chi connectivity index (χ0) is 20.2. The SMILES string of the molecule is CCCC1CCC(c2ccc(-c3cncnc3)c(-c3ccc(F)cc3F)c2)CC1. The molecule has 0 bridgehead atoms. The van der Waals surface area contributed by atoms with E-state index in [9.17, 15) is 8.78 Å². The fourth-order valence-corrected chi connectivity index (χ4v) is 4.63. The van der Waals surface area contributed by atoms with Crippen LogP contribution in [0.15, 0.2) is 55.1 Å². The first-order valence-electron chi connectivity index (χ1n) is 10.5. The molecule has 1 fully saturated rings. The van der Waals surface area contributed by atoms with Crippen molar-refractivity contribution in [3.63, 3.8) is 0 Å². The number of rotatable bonds is 5. The molecular formula is C25H26F2N2. The molecule has 150 valence electrons. The van der Waals surface area contributed by atoms with Crippen molar-refractivity contribution in [1.29, 1.82) is 0 Å². The van der Waals surface area contributed by atoms with Crippen LogP contribution in [0.1, 0.15) is 56.9 Å². The van der Waals surface area contributed by atoms with Gasteiger partial charge in [0, 0.05) is 29.6 Å². The molecule has 0 radical (unpaired) electrons. The van der Waals surface area contributed by atoms with Gasteiger partial charge in [0.15, 0.2) is 0 Å². The molecule has 2 nitrogen and oxygen atoms in total. The average molecular weight is 392 g/mol. The second kappa shape index (κ2) is 8.81. The zero-order valence-corrected chi connectivity index (χ0v) is 16.7. The smallest absolute Gasteiger partial charge is 0.133 e. The van der Waals surface area contributed by atoms with E-state index in [-0.39, 0.29) is 0 Å². The summed E-state index contributed by atoms with van der Waals surface area (Å²) in [6.07, 6.45) is 12.3. The maximum Gasteiger partial charge on any atom is 0.133 e. The van der Waals surface area contributed by atoms with E-state index < -0.39 is 11.6 Å². The molecule has 4 rings (SSSR count). The van der Waals surface area contributed by atoms with Crippen LogP contribution in [-0.2, 0) is 0 Å². The Morgan fingerprint density at radius 3 is 2.28 bits per heavy atom. The van der Waals surface area contributed by atoms with E-state index in [1.807, 2.05) is 6.07 Å². The Morgan fingerprint density at radius 2 is 1.59 bits per heavy atom. The van der Waals surface area contributed by atoms with Gasteiger partial charge >= 0.3 is 0 Å². The minimum Gasteiger partial charge on any atom is -0.244 e. The Kier molecular flexibility index (Phi) is 5.98. The summed E-state index contributed by atoms with van der Waals surface area (Å²) in [5.41, 5.74) is 4.10. The van der Waals surface area contributed by atoms with Crippen LogP contribution in [0.4, 0.5) is 8.78 Å². The highest BCUT2D eigenvalue weighted by Gasteiger charge is 2.23. The number of halogens is 2. The number of aromatic nitrogens is 2. The average Bonchev–Trinajstić information content (AvgIpc) is 2.75. The Bertz CT molecular complexity index is 964. The van der Waals surface area contributed by atoms with Gasteiger partial charge in [-0.2, -0.15) is 0 Å². The molecule has 29 heavy (non-hydrogen) atoms. The van der Waals surface area contributed by atoms with Gasteiger partial charge in [-0.15, -0.1) is 0 Å². The van der Waals surface area contributed by atoms with Crippen LogP contribution in [0.25, 0.3) is 22.3 Å². The van der Waals surface area contributed by atoms with Crippen molar-refractivity contribution >= 4 is 0 Å². The van der Waals surface area contributed by atoms with Gasteiger partial charge in [-0.05, 0) is 66.3 Å². The van der Waals surface area contributed by atoms with Crippen LogP contribution in [0, 0.1) is 17.6 Å². The standard InChI is InChI=1S/C25H26F2N2/c1-2-3-17-4-6-18(7-5-17)19-8-10-22(20-14-28-16-29-15-20)24(12-19)23-11-9-21(26)13-25(23)27/h8-18H,2-7H2,1H3. The van der Waals surface area contributed by atoms with Crippen LogP contribution in [0.3, 0.4) is 0 Å². The van der Waals surface area contributed by atoms with Crippen LogP contribution < -0.4 is 0 Å². The predicted octanol–water partition coefficient (Wildman–Crippen LogP) is 7.16. The van der Waals surface area contributed by atoms with Gasteiger partial charge in [0.2, 0.25) is 0 Å². The summed E-state index contributed by atoms with van der Waals surface area (Å²) in [5.74, 6) is 0.214. The molecule has 0 spiro atoms. The molecule has 4 heteroatoms. The van der Waals surface area contributed by atoms with E-state index in [1.54, 1.807) is 12.4 Å². The van der Waals surface area contributed by atoms with E-state index in [0.717, 1.165) is 28.7 Å². The fourth-order valence-electron chi connectivity index (χ4n) is 4.63. The van der Waals surface area contributed by atoms with Crippen LogP contribution in [0.2, 0.25) is 0 Å². The summed E-state index contributed by atoms with van der Waals surface area (Å²) >= 11 is 0. The maximum absolute atomic E-state index is 14.7. The summed E-state index contributed by atoms with van der Waals surface area (Å²) in [5, 5.41) is 0. The lowest BCUT2D eigenvalue weighted by Crippen LogP contribution is -2.13. The number of hydrogen-bond acceptors (Lipinski definition) is 2. The third-order valence-corrected chi connectivity index (χ3v) is 6.15. The summed E-state index contributed by atoms with van der Waals surface area (Å²) < 4.78 is 28.2. The Labute approximate surface area is 171 Å². The van der Waals surface area contributed by atoms with Crippen LogP contribution >= 0.6 is 0 Å². The molecule has 0 aliphatic heterocycles. The molecule has 0 saturated heterocycles. The van der Waals surface area contributed by atoms with E-state index in [2.05, 4.69) is 29.0 Å². The molecule has 2 aromatic carbocycles. The van der Waals surface area contributed by atoms with Crippen molar-refractivity contribution in [3.8, 4) is 22.3 Å². The van der Waals surface area contributed by atoms with Gasteiger partial charge < -0.3 is 0 Å². The highest BCUT2D eigenvalue weighted by Crippen LogP contribution is 2.41. The monoisotopic (exact) mass is 392 g/mol. The third-order valence-electron chi connectivity index (χ3n) is 6.15. The van der Waals surface area contributed by atoms with Crippen molar-refractivity contribution in [2.75, 3.05) is 0 Å². The third kappa shape index (κ3) is 4.36. The number of benzene rings is 2. The Balaban J connectivity index is 1.73. The first-order valence-corrected chi connectivity index (χ1v) is 10.5. The van der Waals surface area contributed by atoms with Crippen molar-refractivity contribution in [3.05, 3.63) is 72.3 Å². The Hall–Kier alpha value is -2.62. The molecule has 0 atom stereocenters. The van der Waals surface area contributed by atoms with Crippen molar-refractivity contribution in [2.45, 2.75) is 51.4 Å². The predicted molar refractivity (Wildman–Crippen MR) is 112 cm³/mol. The molecule has 0 unspecified atom stereocenters. The van der Waals surface area contributed by atoms with E-state index in [1.165, 1.54) is 62.5 Å². The lowest BCUT2D eigenvalue weighted by molar-refractivity contribution is 0.308. The fraction of sp³-hybridized carbons (Fsp3) is 0.360. The van der Waals surface area contributed by atoms with Gasteiger partial charge in [-0.1, -0.05) is 38.0 Å². The second-order valence-corrected chi connectivity index (χ2v) is 8.06. The van der Waals surface area contributed by atoms with Crippen LogP contribution in [-0.4, -0.2) is 9.97 Å². The first kappa shape index (κ1) is 19.7. The summed E-state index contributed by atoms with van der Waals surface area (Å²) in [4.78, 5) is 8.21. The molecule has 0 N–H and O–H groups in total. The molecule has 1 aliphatic rings. The van der Waals surface area contributed by atoms with Crippen molar-refractivity contribution < 1.29 is 8.78 Å². The number of hydrogen-bond donors (Lipinski definition) is 0. The second-order valence-electron chi connectivity index (χ2n) is 8.06. The van der Waals surface area contributed by atoms with Gasteiger partial charge in [-0.25, -0.2) is 18.7 Å². The van der Waals surface area contributed by atoms with E-state index in [4.69, 9.17) is 0 Å². The first-order chi connectivity index (χ1) is 14.2. The minimum atomic E-state index is -0.568. The molecule has 1 heterocycles. The lowest BCUT2D eigenvalue weighted by Gasteiger charge is -2.29. The van der Waals surface area contributed by atoms with Gasteiger partial charge in [-0.3, -0.25) is 0 Å². The molecule has 1 saturated carbocycles. The van der Waals surface area contributed by atoms with Gasteiger partial charge in [0.05, 0.1) is 0 Å². The van der Waals surface area contributed by atoms with Gasteiger partial charge in [0.1, 0.15) is 18.0 Å². The molecule has 3 aromatic rings. The lowest BCUT2D eigenvalue weighted by atomic mass is 9.76. The maximum atomic E-state index is 14.7. The van der Waals surface area contributed by atoms with Crippen molar-refractivity contribution in [1.82, 2.24) is 9.97 Å². The Morgan fingerprint density at radius 1 is 0.862 bits per heavy atom.